The number of hydrogen-bond acceptors (Lipinski definition) is 6. The molecular formula is C23H31NO6. The maximum atomic E-state index is 12.6. The Balaban J connectivity index is 1.59. The third-order valence-corrected chi connectivity index (χ3v) is 6.61. The molecule has 1 aliphatic heterocycles. The molecule has 0 aromatic heterocycles. The summed E-state index contributed by atoms with van der Waals surface area (Å²) in [4.78, 5) is 39.6. The van der Waals surface area contributed by atoms with Gasteiger partial charge in [0.05, 0.1) is 25.7 Å². The first-order valence-electron chi connectivity index (χ1n) is 10.6. The Hall–Kier alpha value is -2.57. The highest BCUT2D eigenvalue weighted by molar-refractivity contribution is 6.01. The molecule has 164 valence electrons. The van der Waals surface area contributed by atoms with Crippen molar-refractivity contribution in [2.75, 3.05) is 27.4 Å². The van der Waals surface area contributed by atoms with Crippen LogP contribution in [-0.4, -0.2) is 56.0 Å². The number of methoxy groups -OCH3 is 2. The summed E-state index contributed by atoms with van der Waals surface area (Å²) in [6, 6.07) is 5.06. The third kappa shape index (κ3) is 4.60. The quantitative estimate of drug-likeness (QED) is 0.501. The average Bonchev–Trinajstić information content (AvgIpc) is 3.14. The van der Waals surface area contributed by atoms with E-state index in [4.69, 9.17) is 14.2 Å². The summed E-state index contributed by atoms with van der Waals surface area (Å²) < 4.78 is 15.7. The van der Waals surface area contributed by atoms with Crippen LogP contribution in [0.2, 0.25) is 0 Å². The Morgan fingerprint density at radius 3 is 2.60 bits per heavy atom. The molecule has 7 nitrogen and oxygen atoms in total. The molecule has 3 rings (SSSR count). The maximum Gasteiger partial charge on any atom is 0.311 e. The van der Waals surface area contributed by atoms with E-state index in [1.807, 2.05) is 4.90 Å². The summed E-state index contributed by atoms with van der Waals surface area (Å²) in [5, 5.41) is 0. The van der Waals surface area contributed by atoms with E-state index < -0.39 is 18.5 Å². The summed E-state index contributed by atoms with van der Waals surface area (Å²) >= 11 is 0. The highest BCUT2D eigenvalue weighted by atomic mass is 16.5. The molecule has 30 heavy (non-hydrogen) atoms. The SMILES string of the molecule is COc1ccc(OC)c(C(=O)COC(=O)[C@@H]2CC(=O)N([C@H]3CCC[C@@H](C)[C@H]3C)C2)c1. The van der Waals surface area contributed by atoms with Gasteiger partial charge in [0.15, 0.2) is 6.61 Å². The lowest BCUT2D eigenvalue weighted by Crippen LogP contribution is -2.45. The number of esters is 1. The van der Waals surface area contributed by atoms with E-state index in [1.54, 1.807) is 18.2 Å². The maximum absolute atomic E-state index is 12.6. The van der Waals surface area contributed by atoms with E-state index in [2.05, 4.69) is 13.8 Å². The fourth-order valence-corrected chi connectivity index (χ4v) is 4.57. The molecule has 2 fully saturated rings. The second kappa shape index (κ2) is 9.49. The van der Waals surface area contributed by atoms with Gasteiger partial charge in [-0.2, -0.15) is 0 Å². The Bertz CT molecular complexity index is 807. The van der Waals surface area contributed by atoms with Crippen molar-refractivity contribution in [3.63, 3.8) is 0 Å². The number of amides is 1. The molecule has 0 radical (unpaired) electrons. The van der Waals surface area contributed by atoms with Crippen LogP contribution in [0.1, 0.15) is 49.9 Å². The van der Waals surface area contributed by atoms with Gasteiger partial charge in [-0.25, -0.2) is 0 Å². The predicted octanol–water partition coefficient (Wildman–Crippen LogP) is 3.10. The van der Waals surface area contributed by atoms with Crippen molar-refractivity contribution >= 4 is 17.7 Å². The summed E-state index contributed by atoms with van der Waals surface area (Å²) in [6.07, 6.45) is 3.41. The molecule has 1 aromatic rings. The molecule has 1 saturated heterocycles. The molecule has 1 saturated carbocycles. The van der Waals surface area contributed by atoms with E-state index in [0.29, 0.717) is 35.4 Å². The second-order valence-corrected chi connectivity index (χ2v) is 8.38. The molecule has 0 unspecified atom stereocenters. The zero-order valence-corrected chi connectivity index (χ0v) is 18.2. The lowest BCUT2D eigenvalue weighted by Gasteiger charge is -2.39. The number of nitrogens with zero attached hydrogens (tertiary/aromatic N) is 1. The third-order valence-electron chi connectivity index (χ3n) is 6.61. The Morgan fingerprint density at radius 1 is 1.13 bits per heavy atom. The topological polar surface area (TPSA) is 82.1 Å². The van der Waals surface area contributed by atoms with E-state index >= 15 is 0 Å². The van der Waals surface area contributed by atoms with Crippen LogP contribution in [0, 0.1) is 17.8 Å². The monoisotopic (exact) mass is 417 g/mol. The number of carbonyl (C=O) groups is 3. The van der Waals surface area contributed by atoms with Crippen molar-refractivity contribution < 1.29 is 28.6 Å². The van der Waals surface area contributed by atoms with E-state index in [0.717, 1.165) is 12.8 Å². The minimum atomic E-state index is -0.526. The first-order valence-corrected chi connectivity index (χ1v) is 10.6. The van der Waals surface area contributed by atoms with Crippen molar-refractivity contribution in [3.05, 3.63) is 23.8 Å². The molecule has 1 aromatic carbocycles. The van der Waals surface area contributed by atoms with Gasteiger partial charge in [-0.15, -0.1) is 0 Å². The molecule has 0 N–H and O–H groups in total. The van der Waals surface area contributed by atoms with Gasteiger partial charge in [-0.3, -0.25) is 14.4 Å². The van der Waals surface area contributed by atoms with Crippen molar-refractivity contribution in [1.29, 1.82) is 0 Å². The summed E-state index contributed by atoms with van der Waals surface area (Å²) in [7, 11) is 2.98. The van der Waals surface area contributed by atoms with Crippen LogP contribution >= 0.6 is 0 Å². The highest BCUT2D eigenvalue weighted by Gasteiger charge is 2.42. The Morgan fingerprint density at radius 2 is 1.90 bits per heavy atom. The van der Waals surface area contributed by atoms with Crippen LogP contribution in [-0.2, 0) is 14.3 Å². The fraction of sp³-hybridized carbons (Fsp3) is 0.609. The fourth-order valence-electron chi connectivity index (χ4n) is 4.57. The molecule has 0 spiro atoms. The minimum absolute atomic E-state index is 0.00342. The zero-order chi connectivity index (χ0) is 21.8. The number of carbonyl (C=O) groups excluding carboxylic acids is 3. The molecule has 0 bridgehead atoms. The number of benzene rings is 1. The number of ether oxygens (including phenoxy) is 3. The highest BCUT2D eigenvalue weighted by Crippen LogP contribution is 2.36. The first-order chi connectivity index (χ1) is 14.3. The van der Waals surface area contributed by atoms with Crippen LogP contribution in [0.5, 0.6) is 11.5 Å². The van der Waals surface area contributed by atoms with Crippen LogP contribution in [0.3, 0.4) is 0 Å². The zero-order valence-electron chi connectivity index (χ0n) is 18.2. The van der Waals surface area contributed by atoms with Gasteiger partial charge in [-0.05, 0) is 36.5 Å². The lowest BCUT2D eigenvalue weighted by molar-refractivity contribution is -0.147. The van der Waals surface area contributed by atoms with Crippen molar-refractivity contribution in [1.82, 2.24) is 4.90 Å². The van der Waals surface area contributed by atoms with Gasteiger partial charge in [0, 0.05) is 19.0 Å². The second-order valence-electron chi connectivity index (χ2n) is 8.38. The summed E-state index contributed by atoms with van der Waals surface area (Å²) in [5.74, 6) is 0.480. The molecule has 1 heterocycles. The minimum Gasteiger partial charge on any atom is -0.497 e. The Kier molecular flexibility index (Phi) is 7.00. The molecular weight excluding hydrogens is 386 g/mol. The van der Waals surface area contributed by atoms with Gasteiger partial charge >= 0.3 is 5.97 Å². The number of rotatable bonds is 7. The number of ketones is 1. The Labute approximate surface area is 177 Å². The van der Waals surface area contributed by atoms with E-state index in [9.17, 15) is 14.4 Å². The predicted molar refractivity (Wildman–Crippen MR) is 111 cm³/mol. The van der Waals surface area contributed by atoms with E-state index in [1.165, 1.54) is 20.6 Å². The molecule has 1 amide bonds. The summed E-state index contributed by atoms with van der Waals surface area (Å²) in [6.45, 7) is 4.38. The van der Waals surface area contributed by atoms with E-state index in [-0.39, 0.29) is 24.2 Å². The summed E-state index contributed by atoms with van der Waals surface area (Å²) in [5.41, 5.74) is 0.291. The molecule has 1 aliphatic carbocycles. The number of Topliss-reactive ketones (excluding diaryl/α,β-unsaturated/α-hetero) is 1. The lowest BCUT2D eigenvalue weighted by atomic mass is 9.77. The van der Waals surface area contributed by atoms with Gasteiger partial charge in [0.25, 0.3) is 0 Å². The largest absolute Gasteiger partial charge is 0.497 e. The normalized spacial score (nSPS) is 26.4. The van der Waals surface area contributed by atoms with Gasteiger partial charge in [0.1, 0.15) is 11.5 Å². The van der Waals surface area contributed by atoms with Gasteiger partial charge < -0.3 is 19.1 Å². The number of likely N-dealkylation sites (tertiary alicyclic amines) is 1. The molecule has 2 aliphatic rings. The smallest absolute Gasteiger partial charge is 0.311 e. The van der Waals surface area contributed by atoms with Gasteiger partial charge in [0.2, 0.25) is 11.7 Å². The van der Waals surface area contributed by atoms with Crippen molar-refractivity contribution in [2.24, 2.45) is 17.8 Å². The number of hydrogen-bond donors (Lipinski definition) is 0. The average molecular weight is 418 g/mol. The van der Waals surface area contributed by atoms with Crippen molar-refractivity contribution in [3.8, 4) is 11.5 Å². The molecule has 4 atom stereocenters. The van der Waals surface area contributed by atoms with Crippen LogP contribution in [0.4, 0.5) is 0 Å². The van der Waals surface area contributed by atoms with Crippen LogP contribution in [0.25, 0.3) is 0 Å². The van der Waals surface area contributed by atoms with Gasteiger partial charge in [-0.1, -0.05) is 26.7 Å². The first kappa shape index (κ1) is 22.1. The van der Waals surface area contributed by atoms with Crippen LogP contribution in [0.15, 0.2) is 18.2 Å². The van der Waals surface area contributed by atoms with Crippen molar-refractivity contribution in [2.45, 2.75) is 45.6 Å². The standard InChI is InChI=1S/C23H31NO6/c1-14-6-5-7-19(15(14)2)24-12-16(10-22(24)26)23(27)30-13-20(25)18-11-17(28-3)8-9-21(18)29-4/h8-9,11,14-16,19H,5-7,10,12-13H2,1-4H3/t14-,15-,16-,19+/m1/s1. The molecule has 7 heteroatoms. The van der Waals surface area contributed by atoms with Crippen LogP contribution < -0.4 is 9.47 Å².